The monoisotopic (exact) mass is 277 g/mol. The molecule has 0 amide bonds. The van der Waals surface area contributed by atoms with Crippen molar-refractivity contribution in [1.82, 2.24) is 5.16 Å². The van der Waals surface area contributed by atoms with Crippen molar-refractivity contribution >= 4 is 17.3 Å². The minimum Gasteiger partial charge on any atom is -0.477 e. The molecule has 2 rings (SSSR count). The van der Waals surface area contributed by atoms with E-state index in [2.05, 4.69) is 10.5 Å². The minimum absolute atomic E-state index is 0.320. The third kappa shape index (κ3) is 2.91. The van der Waals surface area contributed by atoms with Gasteiger partial charge in [-0.2, -0.15) is 0 Å². The maximum Gasteiger partial charge on any atom is 0.342 e. The summed E-state index contributed by atoms with van der Waals surface area (Å²) in [6, 6.07) is 5.56. The van der Waals surface area contributed by atoms with Gasteiger partial charge in [0.05, 0.1) is 11.5 Å². The molecule has 0 aliphatic heterocycles. The number of carboxylic acids is 1. The Morgan fingerprint density at radius 1 is 1.50 bits per heavy atom. The molecule has 0 atom stereocenters. The molecule has 0 aliphatic carbocycles. The van der Waals surface area contributed by atoms with Crippen LogP contribution in [0.4, 0.5) is 11.4 Å². The number of carboxylic acid groups (broad SMARTS) is 1. The number of anilines is 1. The molecule has 1 aromatic heterocycles. The van der Waals surface area contributed by atoms with Gasteiger partial charge in [-0.05, 0) is 19.1 Å². The van der Waals surface area contributed by atoms with E-state index in [1.807, 2.05) is 0 Å². The molecule has 2 N–H and O–H groups in total. The number of benzene rings is 1. The standard InChI is InChI=1S/C12H11N3O5/c1-7-4-9(14-20-7)6-13-8-2-3-10(12(16)17)11(5-8)15(18)19/h2-5,13H,6H2,1H3,(H,16,17). The molecule has 8 heteroatoms. The first-order valence-electron chi connectivity index (χ1n) is 5.65. The molecule has 0 aliphatic rings. The van der Waals surface area contributed by atoms with Crippen LogP contribution in [0.15, 0.2) is 28.8 Å². The Hall–Kier alpha value is -2.90. The van der Waals surface area contributed by atoms with E-state index in [4.69, 9.17) is 9.63 Å². The Bertz CT molecular complexity index is 665. The molecule has 0 fully saturated rings. The predicted octanol–water partition coefficient (Wildman–Crippen LogP) is 2.20. The van der Waals surface area contributed by atoms with Crippen molar-refractivity contribution in [2.45, 2.75) is 13.5 Å². The molecule has 0 radical (unpaired) electrons. The SMILES string of the molecule is Cc1cc(CNc2ccc(C(=O)O)c([N+](=O)[O-])c2)no1. The Labute approximate surface area is 113 Å². The van der Waals surface area contributed by atoms with Gasteiger partial charge in [-0.1, -0.05) is 5.16 Å². The molecule has 0 unspecified atom stereocenters. The Morgan fingerprint density at radius 3 is 2.80 bits per heavy atom. The zero-order chi connectivity index (χ0) is 14.7. The second-order valence-electron chi connectivity index (χ2n) is 4.08. The number of rotatable bonds is 5. The van der Waals surface area contributed by atoms with Crippen LogP contribution in [0.2, 0.25) is 0 Å². The van der Waals surface area contributed by atoms with E-state index < -0.39 is 16.6 Å². The van der Waals surface area contributed by atoms with E-state index in [1.54, 1.807) is 13.0 Å². The molecule has 1 aromatic carbocycles. The Balaban J connectivity index is 2.18. The molecule has 0 bridgehead atoms. The number of nitrogens with one attached hydrogen (secondary N) is 1. The van der Waals surface area contributed by atoms with E-state index >= 15 is 0 Å². The lowest BCUT2D eigenvalue weighted by Crippen LogP contribution is -2.05. The average molecular weight is 277 g/mol. The highest BCUT2D eigenvalue weighted by Crippen LogP contribution is 2.23. The molecule has 8 nitrogen and oxygen atoms in total. The fourth-order valence-electron chi connectivity index (χ4n) is 1.67. The first kappa shape index (κ1) is 13.5. The van der Waals surface area contributed by atoms with E-state index in [1.165, 1.54) is 18.2 Å². The van der Waals surface area contributed by atoms with Crippen LogP contribution >= 0.6 is 0 Å². The number of aromatic carboxylic acids is 1. The smallest absolute Gasteiger partial charge is 0.342 e. The third-order valence-corrected chi connectivity index (χ3v) is 2.58. The zero-order valence-corrected chi connectivity index (χ0v) is 10.5. The quantitative estimate of drug-likeness (QED) is 0.635. The number of nitrogens with zero attached hydrogens (tertiary/aromatic N) is 2. The van der Waals surface area contributed by atoms with Gasteiger partial charge in [0.25, 0.3) is 5.69 Å². The summed E-state index contributed by atoms with van der Waals surface area (Å²) in [7, 11) is 0. The van der Waals surface area contributed by atoms with Gasteiger partial charge < -0.3 is 14.9 Å². The van der Waals surface area contributed by atoms with Crippen molar-refractivity contribution in [2.75, 3.05) is 5.32 Å². The van der Waals surface area contributed by atoms with Crippen LogP contribution in [0.5, 0.6) is 0 Å². The summed E-state index contributed by atoms with van der Waals surface area (Å²) in [4.78, 5) is 21.0. The maximum atomic E-state index is 10.9. The lowest BCUT2D eigenvalue weighted by molar-refractivity contribution is -0.385. The summed E-state index contributed by atoms with van der Waals surface area (Å²) in [6.07, 6.45) is 0. The largest absolute Gasteiger partial charge is 0.477 e. The van der Waals surface area contributed by atoms with E-state index in [9.17, 15) is 14.9 Å². The molecular formula is C12H11N3O5. The summed E-state index contributed by atoms with van der Waals surface area (Å²) < 4.78 is 4.89. The highest BCUT2D eigenvalue weighted by molar-refractivity contribution is 5.93. The van der Waals surface area contributed by atoms with Crippen molar-refractivity contribution in [2.24, 2.45) is 0 Å². The minimum atomic E-state index is -1.34. The molecule has 0 spiro atoms. The highest BCUT2D eigenvalue weighted by Gasteiger charge is 2.20. The van der Waals surface area contributed by atoms with Crippen LogP contribution in [-0.4, -0.2) is 21.2 Å². The van der Waals surface area contributed by atoms with E-state index in [0.717, 1.165) is 0 Å². The van der Waals surface area contributed by atoms with Crippen molar-refractivity contribution < 1.29 is 19.3 Å². The van der Waals surface area contributed by atoms with Crippen molar-refractivity contribution in [3.63, 3.8) is 0 Å². The molecular weight excluding hydrogens is 266 g/mol. The third-order valence-electron chi connectivity index (χ3n) is 2.58. The Morgan fingerprint density at radius 2 is 2.25 bits per heavy atom. The summed E-state index contributed by atoms with van der Waals surface area (Å²) in [6.45, 7) is 2.07. The van der Waals surface area contributed by atoms with Crippen LogP contribution in [-0.2, 0) is 6.54 Å². The second kappa shape index (κ2) is 5.39. The fraction of sp³-hybridized carbons (Fsp3) is 0.167. The maximum absolute atomic E-state index is 10.9. The number of nitro groups is 1. The molecule has 0 saturated heterocycles. The van der Waals surface area contributed by atoms with Crippen molar-refractivity contribution in [3.05, 3.63) is 51.4 Å². The van der Waals surface area contributed by atoms with E-state index in [0.29, 0.717) is 23.7 Å². The molecule has 2 aromatic rings. The lowest BCUT2D eigenvalue weighted by atomic mass is 10.1. The topological polar surface area (TPSA) is 118 Å². The highest BCUT2D eigenvalue weighted by atomic mass is 16.6. The van der Waals surface area contributed by atoms with E-state index in [-0.39, 0.29) is 5.56 Å². The lowest BCUT2D eigenvalue weighted by Gasteiger charge is -2.05. The second-order valence-corrected chi connectivity index (χ2v) is 4.08. The zero-order valence-electron chi connectivity index (χ0n) is 10.5. The Kier molecular flexibility index (Phi) is 3.65. The van der Waals surface area contributed by atoms with Gasteiger partial charge in [0, 0.05) is 17.8 Å². The van der Waals surface area contributed by atoms with Gasteiger partial charge in [-0.3, -0.25) is 10.1 Å². The van der Waals surface area contributed by atoms with Crippen LogP contribution < -0.4 is 5.32 Å². The fourth-order valence-corrected chi connectivity index (χ4v) is 1.67. The van der Waals surface area contributed by atoms with Crippen molar-refractivity contribution in [3.8, 4) is 0 Å². The van der Waals surface area contributed by atoms with Gasteiger partial charge >= 0.3 is 5.97 Å². The number of carbonyl (C=O) groups is 1. The molecule has 104 valence electrons. The predicted molar refractivity (Wildman–Crippen MR) is 68.6 cm³/mol. The molecule has 20 heavy (non-hydrogen) atoms. The van der Waals surface area contributed by atoms with Crippen LogP contribution in [0, 0.1) is 17.0 Å². The number of aryl methyl sites for hydroxylation is 1. The summed E-state index contributed by atoms with van der Waals surface area (Å²) in [5.74, 6) is -0.676. The van der Waals surface area contributed by atoms with Gasteiger partial charge in [0.1, 0.15) is 17.0 Å². The van der Waals surface area contributed by atoms with Crippen molar-refractivity contribution in [1.29, 1.82) is 0 Å². The first-order valence-corrected chi connectivity index (χ1v) is 5.65. The van der Waals surface area contributed by atoms with Crippen LogP contribution in [0.3, 0.4) is 0 Å². The van der Waals surface area contributed by atoms with Gasteiger partial charge in [-0.15, -0.1) is 0 Å². The molecule has 0 saturated carbocycles. The number of aromatic nitrogens is 1. The van der Waals surface area contributed by atoms with Gasteiger partial charge in [0.2, 0.25) is 0 Å². The average Bonchev–Trinajstić information content (AvgIpc) is 2.81. The number of hydrogen-bond donors (Lipinski definition) is 2. The van der Waals surface area contributed by atoms with Gasteiger partial charge in [0.15, 0.2) is 0 Å². The summed E-state index contributed by atoms with van der Waals surface area (Å²) >= 11 is 0. The summed E-state index contributed by atoms with van der Waals surface area (Å²) in [5, 5.41) is 26.4. The summed E-state index contributed by atoms with van der Waals surface area (Å²) in [5.41, 5.74) is 0.270. The number of nitro benzene ring substituents is 1. The number of hydrogen-bond acceptors (Lipinski definition) is 6. The van der Waals surface area contributed by atoms with Crippen LogP contribution in [0.1, 0.15) is 21.8 Å². The molecule has 1 heterocycles. The van der Waals surface area contributed by atoms with Crippen LogP contribution in [0.25, 0.3) is 0 Å². The van der Waals surface area contributed by atoms with Gasteiger partial charge in [-0.25, -0.2) is 4.79 Å². The normalized spacial score (nSPS) is 10.2. The first-order chi connectivity index (χ1) is 9.47.